The van der Waals surface area contributed by atoms with Gasteiger partial charge in [0.1, 0.15) is 17.0 Å². The van der Waals surface area contributed by atoms with Crippen molar-refractivity contribution in [3.8, 4) is 5.69 Å². The first-order valence-electron chi connectivity index (χ1n) is 8.32. The zero-order valence-electron chi connectivity index (χ0n) is 14.5. The second kappa shape index (κ2) is 6.23. The summed E-state index contributed by atoms with van der Waals surface area (Å²) in [5.74, 6) is 0.890. The van der Waals surface area contributed by atoms with Crippen molar-refractivity contribution in [3.05, 3.63) is 47.0 Å². The molecule has 0 saturated carbocycles. The SMILES string of the molecule is CC(C)Cc1nc2ccc(C(F)(F)F)nc2n1-c1cc(Cl)c2[nH]ncc2c1. The van der Waals surface area contributed by atoms with Gasteiger partial charge in [0.05, 0.1) is 22.4 Å². The molecule has 0 aliphatic rings. The summed E-state index contributed by atoms with van der Waals surface area (Å²) in [6, 6.07) is 5.78. The molecule has 3 aromatic heterocycles. The summed E-state index contributed by atoms with van der Waals surface area (Å²) in [6.45, 7) is 4.04. The van der Waals surface area contributed by atoms with Crippen molar-refractivity contribution in [2.75, 3.05) is 0 Å². The second-order valence-electron chi connectivity index (χ2n) is 6.76. The van der Waals surface area contributed by atoms with Crippen molar-refractivity contribution >= 4 is 33.7 Å². The second-order valence-corrected chi connectivity index (χ2v) is 7.17. The number of aromatic amines is 1. The van der Waals surface area contributed by atoms with E-state index in [0.717, 1.165) is 11.5 Å². The van der Waals surface area contributed by atoms with Gasteiger partial charge in [-0.05, 0) is 30.2 Å². The van der Waals surface area contributed by atoms with Crippen molar-refractivity contribution in [1.82, 2.24) is 24.7 Å². The van der Waals surface area contributed by atoms with Crippen LogP contribution in [0.5, 0.6) is 0 Å². The highest BCUT2D eigenvalue weighted by atomic mass is 35.5. The van der Waals surface area contributed by atoms with Crippen molar-refractivity contribution in [2.45, 2.75) is 26.4 Å². The first-order valence-corrected chi connectivity index (χ1v) is 8.70. The normalized spacial score (nSPS) is 12.6. The third-order valence-corrected chi connectivity index (χ3v) is 4.50. The minimum absolute atomic E-state index is 0.152. The van der Waals surface area contributed by atoms with Crippen LogP contribution in [0.3, 0.4) is 0 Å². The highest BCUT2D eigenvalue weighted by Gasteiger charge is 2.33. The molecule has 140 valence electrons. The molecule has 4 aromatic rings. The maximum atomic E-state index is 13.2. The Kier molecular flexibility index (Phi) is 4.10. The molecule has 3 heterocycles. The van der Waals surface area contributed by atoms with Crippen LogP contribution in [0.2, 0.25) is 5.02 Å². The van der Waals surface area contributed by atoms with Crippen LogP contribution in [-0.4, -0.2) is 24.7 Å². The van der Waals surface area contributed by atoms with E-state index in [1.54, 1.807) is 22.9 Å². The van der Waals surface area contributed by atoms with Crippen LogP contribution in [0.4, 0.5) is 13.2 Å². The van der Waals surface area contributed by atoms with E-state index in [1.807, 2.05) is 13.8 Å². The molecule has 0 unspecified atom stereocenters. The number of hydrogen-bond donors (Lipinski definition) is 1. The number of halogens is 4. The number of alkyl halides is 3. The van der Waals surface area contributed by atoms with Crippen LogP contribution in [0.15, 0.2) is 30.5 Å². The standard InChI is InChI=1S/C18H15ClF3N5/c1-9(2)5-15-24-13-3-4-14(18(20,21)22)25-17(13)27(15)11-6-10-8-23-26-16(10)12(19)7-11/h3-4,6-9H,5H2,1-2H3,(H,23,26). The molecule has 4 rings (SSSR count). The first kappa shape index (κ1) is 17.8. The van der Waals surface area contributed by atoms with Gasteiger partial charge in [-0.3, -0.25) is 9.67 Å². The fourth-order valence-electron chi connectivity index (χ4n) is 3.06. The van der Waals surface area contributed by atoms with Crippen molar-refractivity contribution in [2.24, 2.45) is 5.92 Å². The lowest BCUT2D eigenvalue weighted by molar-refractivity contribution is -0.141. The van der Waals surface area contributed by atoms with Gasteiger partial charge in [-0.25, -0.2) is 9.97 Å². The summed E-state index contributed by atoms with van der Waals surface area (Å²) < 4.78 is 41.2. The number of nitrogens with zero attached hydrogens (tertiary/aromatic N) is 4. The third-order valence-electron chi connectivity index (χ3n) is 4.20. The van der Waals surface area contributed by atoms with Gasteiger partial charge < -0.3 is 0 Å². The lowest BCUT2D eigenvalue weighted by Crippen LogP contribution is -2.10. The summed E-state index contributed by atoms with van der Waals surface area (Å²) in [7, 11) is 0. The minimum Gasteiger partial charge on any atom is -0.281 e. The molecule has 0 aliphatic carbocycles. The maximum Gasteiger partial charge on any atom is 0.433 e. The molecule has 1 aromatic carbocycles. The minimum atomic E-state index is -4.53. The van der Waals surface area contributed by atoms with Gasteiger partial charge in [0.25, 0.3) is 0 Å². The third kappa shape index (κ3) is 3.14. The van der Waals surface area contributed by atoms with Crippen LogP contribution in [0.25, 0.3) is 27.8 Å². The first-order chi connectivity index (χ1) is 12.7. The zero-order chi connectivity index (χ0) is 19.3. The van der Waals surface area contributed by atoms with Gasteiger partial charge in [0, 0.05) is 11.8 Å². The molecule has 0 atom stereocenters. The van der Waals surface area contributed by atoms with Crippen molar-refractivity contribution in [1.29, 1.82) is 0 Å². The van der Waals surface area contributed by atoms with Crippen LogP contribution >= 0.6 is 11.6 Å². The molecule has 9 heteroatoms. The van der Waals surface area contributed by atoms with Gasteiger partial charge in [-0.15, -0.1) is 0 Å². The van der Waals surface area contributed by atoms with E-state index in [4.69, 9.17) is 11.6 Å². The summed E-state index contributed by atoms with van der Waals surface area (Å²) in [5.41, 5.74) is 0.863. The highest BCUT2D eigenvalue weighted by molar-refractivity contribution is 6.35. The number of imidazole rings is 1. The van der Waals surface area contributed by atoms with E-state index in [-0.39, 0.29) is 11.6 Å². The molecule has 0 saturated heterocycles. The molecular formula is C18H15ClF3N5. The number of pyridine rings is 1. The predicted molar refractivity (Wildman–Crippen MR) is 97.1 cm³/mol. The lowest BCUT2D eigenvalue weighted by atomic mass is 10.1. The van der Waals surface area contributed by atoms with Crippen LogP contribution < -0.4 is 0 Å². The molecule has 0 fully saturated rings. The van der Waals surface area contributed by atoms with Gasteiger partial charge in [-0.2, -0.15) is 18.3 Å². The number of hydrogen-bond acceptors (Lipinski definition) is 3. The molecule has 0 bridgehead atoms. The van der Waals surface area contributed by atoms with E-state index >= 15 is 0 Å². The van der Waals surface area contributed by atoms with Crippen LogP contribution in [-0.2, 0) is 12.6 Å². The molecule has 0 amide bonds. The molecule has 5 nitrogen and oxygen atoms in total. The Balaban J connectivity index is 2.02. The zero-order valence-corrected chi connectivity index (χ0v) is 15.2. The Bertz CT molecular complexity index is 1140. The number of benzene rings is 1. The average Bonchev–Trinajstić information content (AvgIpc) is 3.16. The van der Waals surface area contributed by atoms with Crippen LogP contribution in [0, 0.1) is 5.92 Å². The molecule has 27 heavy (non-hydrogen) atoms. The van der Waals surface area contributed by atoms with E-state index < -0.39 is 11.9 Å². The molecule has 0 radical (unpaired) electrons. The molecule has 1 N–H and O–H groups in total. The smallest absolute Gasteiger partial charge is 0.281 e. The number of aromatic nitrogens is 5. The van der Waals surface area contributed by atoms with Crippen LogP contribution in [0.1, 0.15) is 25.4 Å². The molecule has 0 aliphatic heterocycles. The monoisotopic (exact) mass is 393 g/mol. The Morgan fingerprint density at radius 3 is 2.67 bits per heavy atom. The summed E-state index contributed by atoms with van der Waals surface area (Å²) in [5, 5.41) is 7.94. The highest BCUT2D eigenvalue weighted by Crippen LogP contribution is 2.32. The van der Waals surface area contributed by atoms with Gasteiger partial charge in [0.15, 0.2) is 5.65 Å². The maximum absolute atomic E-state index is 13.2. The quantitative estimate of drug-likeness (QED) is 0.522. The number of H-pyrrole nitrogens is 1. The topological polar surface area (TPSA) is 59.4 Å². The van der Waals surface area contributed by atoms with Crippen molar-refractivity contribution in [3.63, 3.8) is 0 Å². The lowest BCUT2D eigenvalue weighted by Gasteiger charge is -2.12. The van der Waals surface area contributed by atoms with Gasteiger partial charge in [0.2, 0.25) is 0 Å². The Morgan fingerprint density at radius 2 is 1.96 bits per heavy atom. The number of nitrogens with one attached hydrogen (secondary N) is 1. The summed E-state index contributed by atoms with van der Waals surface area (Å²) in [6.07, 6.45) is -2.34. The number of fused-ring (bicyclic) bond motifs is 2. The Hall–Kier alpha value is -2.61. The van der Waals surface area contributed by atoms with Crippen molar-refractivity contribution < 1.29 is 13.2 Å². The summed E-state index contributed by atoms with van der Waals surface area (Å²) >= 11 is 6.33. The molecule has 0 spiro atoms. The van der Waals surface area contributed by atoms with E-state index in [1.165, 1.54) is 6.07 Å². The summed E-state index contributed by atoms with van der Waals surface area (Å²) in [4.78, 5) is 8.37. The van der Waals surface area contributed by atoms with Gasteiger partial charge in [-0.1, -0.05) is 25.4 Å². The van der Waals surface area contributed by atoms with E-state index in [9.17, 15) is 13.2 Å². The Labute approximate surface area is 157 Å². The Morgan fingerprint density at radius 1 is 1.19 bits per heavy atom. The fourth-order valence-corrected chi connectivity index (χ4v) is 3.33. The fraction of sp³-hybridized carbons (Fsp3) is 0.278. The van der Waals surface area contributed by atoms with Gasteiger partial charge >= 0.3 is 6.18 Å². The number of rotatable bonds is 3. The van der Waals surface area contributed by atoms with E-state index in [2.05, 4.69) is 20.2 Å². The van der Waals surface area contributed by atoms with E-state index in [0.29, 0.717) is 34.0 Å². The largest absolute Gasteiger partial charge is 0.433 e. The molecular weight excluding hydrogens is 379 g/mol. The predicted octanol–water partition coefficient (Wildman–Crippen LogP) is 5.17. The average molecular weight is 394 g/mol.